The molecule has 0 saturated heterocycles. The molecule has 1 aromatic rings. The SMILES string of the molecule is C=CCN(C)c1cc(Br)ccc1C(C)N. The Labute approximate surface area is 99.9 Å². The second-order valence-corrected chi connectivity index (χ2v) is 4.58. The summed E-state index contributed by atoms with van der Waals surface area (Å²) >= 11 is 3.47. The molecule has 2 N–H and O–H groups in total. The molecule has 0 saturated carbocycles. The molecule has 0 radical (unpaired) electrons. The van der Waals surface area contributed by atoms with Crippen LogP contribution in [0.4, 0.5) is 5.69 Å². The van der Waals surface area contributed by atoms with Crippen molar-refractivity contribution < 1.29 is 0 Å². The Bertz CT molecular complexity index is 347. The Kier molecular flexibility index (Phi) is 4.36. The monoisotopic (exact) mass is 268 g/mol. The van der Waals surface area contributed by atoms with Crippen molar-refractivity contribution in [3.63, 3.8) is 0 Å². The lowest BCUT2D eigenvalue weighted by Gasteiger charge is -2.23. The minimum absolute atomic E-state index is 0.0420. The molecule has 0 aliphatic carbocycles. The van der Waals surface area contributed by atoms with Crippen molar-refractivity contribution in [2.75, 3.05) is 18.5 Å². The van der Waals surface area contributed by atoms with Gasteiger partial charge >= 0.3 is 0 Å². The molecule has 0 bridgehead atoms. The highest BCUT2D eigenvalue weighted by molar-refractivity contribution is 9.10. The van der Waals surface area contributed by atoms with Gasteiger partial charge in [0.1, 0.15) is 0 Å². The quantitative estimate of drug-likeness (QED) is 0.851. The van der Waals surface area contributed by atoms with E-state index in [1.54, 1.807) is 0 Å². The van der Waals surface area contributed by atoms with E-state index >= 15 is 0 Å². The average molecular weight is 269 g/mol. The molecule has 0 amide bonds. The van der Waals surface area contributed by atoms with E-state index in [0.717, 1.165) is 22.3 Å². The first-order valence-corrected chi connectivity index (χ1v) is 5.72. The molecule has 0 aliphatic heterocycles. The van der Waals surface area contributed by atoms with Crippen molar-refractivity contribution in [2.24, 2.45) is 5.73 Å². The first-order valence-electron chi connectivity index (χ1n) is 4.93. The van der Waals surface area contributed by atoms with Gasteiger partial charge in [-0.25, -0.2) is 0 Å². The Balaban J connectivity index is 3.11. The predicted octanol–water partition coefficient (Wildman–Crippen LogP) is 3.09. The molecule has 0 aliphatic rings. The van der Waals surface area contributed by atoms with E-state index in [1.165, 1.54) is 0 Å². The fourth-order valence-corrected chi connectivity index (χ4v) is 1.87. The Hall–Kier alpha value is -0.800. The summed E-state index contributed by atoms with van der Waals surface area (Å²) in [6.07, 6.45) is 1.88. The van der Waals surface area contributed by atoms with Crippen molar-refractivity contribution in [2.45, 2.75) is 13.0 Å². The van der Waals surface area contributed by atoms with Crippen molar-refractivity contribution in [1.29, 1.82) is 0 Å². The number of nitrogens with zero attached hydrogens (tertiary/aromatic N) is 1. The second kappa shape index (κ2) is 5.33. The van der Waals surface area contributed by atoms with E-state index < -0.39 is 0 Å². The Morgan fingerprint density at radius 3 is 2.80 bits per heavy atom. The highest BCUT2D eigenvalue weighted by Gasteiger charge is 2.10. The van der Waals surface area contributed by atoms with Gasteiger partial charge < -0.3 is 10.6 Å². The van der Waals surface area contributed by atoms with Gasteiger partial charge in [-0.05, 0) is 24.6 Å². The summed E-state index contributed by atoms with van der Waals surface area (Å²) in [5.41, 5.74) is 8.24. The minimum atomic E-state index is 0.0420. The maximum atomic E-state index is 5.93. The highest BCUT2D eigenvalue weighted by Crippen LogP contribution is 2.27. The number of hydrogen-bond donors (Lipinski definition) is 1. The lowest BCUT2D eigenvalue weighted by atomic mass is 10.1. The average Bonchev–Trinajstić information content (AvgIpc) is 2.17. The van der Waals surface area contributed by atoms with E-state index in [1.807, 2.05) is 26.1 Å². The van der Waals surface area contributed by atoms with E-state index in [-0.39, 0.29) is 6.04 Å². The van der Waals surface area contributed by atoms with Crippen LogP contribution in [-0.4, -0.2) is 13.6 Å². The van der Waals surface area contributed by atoms with Gasteiger partial charge in [0, 0.05) is 29.8 Å². The zero-order chi connectivity index (χ0) is 11.4. The number of nitrogens with two attached hydrogens (primary N) is 1. The van der Waals surface area contributed by atoms with Crippen LogP contribution >= 0.6 is 15.9 Å². The topological polar surface area (TPSA) is 29.3 Å². The molecule has 82 valence electrons. The maximum Gasteiger partial charge on any atom is 0.0426 e. The van der Waals surface area contributed by atoms with Crippen molar-refractivity contribution >= 4 is 21.6 Å². The number of likely N-dealkylation sites (N-methyl/N-ethyl adjacent to an activating group) is 1. The lowest BCUT2D eigenvalue weighted by Crippen LogP contribution is -2.20. The summed E-state index contributed by atoms with van der Waals surface area (Å²) in [6.45, 7) is 6.55. The number of anilines is 1. The minimum Gasteiger partial charge on any atom is -0.371 e. The third-order valence-corrected chi connectivity index (χ3v) is 2.79. The van der Waals surface area contributed by atoms with Crippen LogP contribution in [0, 0.1) is 0 Å². The molecule has 0 aromatic heterocycles. The zero-order valence-corrected chi connectivity index (χ0v) is 10.8. The van der Waals surface area contributed by atoms with Gasteiger partial charge in [-0.2, -0.15) is 0 Å². The lowest BCUT2D eigenvalue weighted by molar-refractivity contribution is 0.809. The maximum absolute atomic E-state index is 5.93. The first-order chi connectivity index (χ1) is 7.06. The first kappa shape index (κ1) is 12.3. The van der Waals surface area contributed by atoms with Gasteiger partial charge in [0.15, 0.2) is 0 Å². The molecule has 1 aromatic carbocycles. The molecular formula is C12H17BrN2. The summed E-state index contributed by atoms with van der Waals surface area (Å²) in [6, 6.07) is 6.20. The summed E-state index contributed by atoms with van der Waals surface area (Å²) in [5, 5.41) is 0. The van der Waals surface area contributed by atoms with Crippen LogP contribution in [0.15, 0.2) is 35.3 Å². The molecule has 0 heterocycles. The van der Waals surface area contributed by atoms with Gasteiger partial charge in [0.2, 0.25) is 0 Å². The molecule has 1 rings (SSSR count). The number of halogens is 1. The number of benzene rings is 1. The van der Waals surface area contributed by atoms with Crippen LogP contribution in [0.5, 0.6) is 0 Å². The Morgan fingerprint density at radius 2 is 2.27 bits per heavy atom. The van der Waals surface area contributed by atoms with E-state index in [4.69, 9.17) is 5.73 Å². The molecule has 1 unspecified atom stereocenters. The number of hydrogen-bond acceptors (Lipinski definition) is 2. The second-order valence-electron chi connectivity index (χ2n) is 3.66. The predicted molar refractivity (Wildman–Crippen MR) is 70.2 cm³/mol. The molecule has 2 nitrogen and oxygen atoms in total. The van der Waals surface area contributed by atoms with E-state index in [2.05, 4.69) is 39.5 Å². The molecule has 3 heteroatoms. The van der Waals surface area contributed by atoms with Gasteiger partial charge in [0.25, 0.3) is 0 Å². The fourth-order valence-electron chi connectivity index (χ4n) is 1.52. The summed E-state index contributed by atoms with van der Waals surface area (Å²) in [7, 11) is 2.04. The summed E-state index contributed by atoms with van der Waals surface area (Å²) < 4.78 is 1.07. The third-order valence-electron chi connectivity index (χ3n) is 2.30. The van der Waals surface area contributed by atoms with E-state index in [9.17, 15) is 0 Å². The van der Waals surface area contributed by atoms with Crippen LogP contribution in [-0.2, 0) is 0 Å². The van der Waals surface area contributed by atoms with Crippen LogP contribution in [0.2, 0.25) is 0 Å². The van der Waals surface area contributed by atoms with Gasteiger partial charge in [-0.1, -0.05) is 28.1 Å². The molecule has 15 heavy (non-hydrogen) atoms. The standard InChI is InChI=1S/C12H17BrN2/c1-4-7-15(3)12-8-10(13)5-6-11(12)9(2)14/h4-6,8-9H,1,7,14H2,2-3H3. The fraction of sp³-hybridized carbons (Fsp3) is 0.333. The van der Waals surface area contributed by atoms with E-state index in [0.29, 0.717) is 0 Å². The largest absolute Gasteiger partial charge is 0.371 e. The van der Waals surface area contributed by atoms with Crippen molar-refractivity contribution in [3.8, 4) is 0 Å². The van der Waals surface area contributed by atoms with Gasteiger partial charge in [-0.15, -0.1) is 6.58 Å². The van der Waals surface area contributed by atoms with Gasteiger partial charge in [-0.3, -0.25) is 0 Å². The normalized spacial score (nSPS) is 12.3. The highest BCUT2D eigenvalue weighted by atomic mass is 79.9. The van der Waals surface area contributed by atoms with Crippen LogP contribution in [0.25, 0.3) is 0 Å². The smallest absolute Gasteiger partial charge is 0.0426 e. The molecule has 0 spiro atoms. The summed E-state index contributed by atoms with van der Waals surface area (Å²) in [4.78, 5) is 2.14. The van der Waals surface area contributed by atoms with Crippen LogP contribution < -0.4 is 10.6 Å². The molecule has 0 fully saturated rings. The summed E-state index contributed by atoms with van der Waals surface area (Å²) in [5.74, 6) is 0. The third kappa shape index (κ3) is 3.08. The van der Waals surface area contributed by atoms with Crippen LogP contribution in [0.1, 0.15) is 18.5 Å². The zero-order valence-electron chi connectivity index (χ0n) is 9.20. The Morgan fingerprint density at radius 1 is 1.60 bits per heavy atom. The van der Waals surface area contributed by atoms with Crippen molar-refractivity contribution in [1.82, 2.24) is 0 Å². The molecule has 1 atom stereocenters. The van der Waals surface area contributed by atoms with Crippen molar-refractivity contribution in [3.05, 3.63) is 40.9 Å². The van der Waals surface area contributed by atoms with Crippen LogP contribution in [0.3, 0.4) is 0 Å². The number of rotatable bonds is 4. The molecular weight excluding hydrogens is 252 g/mol. The van der Waals surface area contributed by atoms with Gasteiger partial charge in [0.05, 0.1) is 0 Å².